The molecule has 1 aromatic rings. The monoisotopic (exact) mass is 403 g/mol. The zero-order valence-electron chi connectivity index (χ0n) is 17.3. The smallest absolute Gasteiger partial charge is 0.412 e. The minimum atomic E-state index is -0.622. The van der Waals surface area contributed by atoms with E-state index in [4.69, 9.17) is 9.47 Å². The van der Waals surface area contributed by atoms with Gasteiger partial charge in [0, 0.05) is 18.8 Å². The molecule has 8 heteroatoms. The lowest BCUT2D eigenvalue weighted by atomic mass is 10.2. The molecule has 0 saturated carbocycles. The van der Waals surface area contributed by atoms with Crippen LogP contribution in [0.5, 0.6) is 5.75 Å². The highest BCUT2D eigenvalue weighted by Gasteiger charge is 2.29. The second-order valence-corrected chi connectivity index (χ2v) is 8.37. The first kappa shape index (κ1) is 21.0. The van der Waals surface area contributed by atoms with Crippen molar-refractivity contribution in [3.8, 4) is 5.75 Å². The van der Waals surface area contributed by atoms with E-state index in [-0.39, 0.29) is 25.0 Å². The van der Waals surface area contributed by atoms with Gasteiger partial charge in [0.15, 0.2) is 6.61 Å². The topological polar surface area (TPSA) is 88.2 Å². The van der Waals surface area contributed by atoms with Gasteiger partial charge in [-0.25, -0.2) is 4.79 Å². The number of amides is 3. The van der Waals surface area contributed by atoms with E-state index in [1.165, 1.54) is 4.90 Å². The molecule has 2 aliphatic rings. The minimum absolute atomic E-state index is 0.0366. The standard InChI is InChI=1S/C21H29N3O5/c1-21(2,3)29-20(27)22-15-8-9-17-16(12-15)24(19(26)14-28-17)13-18(25)23-10-6-4-5-7-11-23/h8-9,12H,4-7,10-11,13-14H2,1-3H3,(H,22,27). The van der Waals surface area contributed by atoms with Crippen molar-refractivity contribution in [2.45, 2.75) is 52.1 Å². The number of rotatable bonds is 3. The SMILES string of the molecule is CC(C)(C)OC(=O)Nc1ccc2c(c1)N(CC(=O)N1CCCCCC1)C(=O)CO2. The Morgan fingerprint density at radius 2 is 1.83 bits per heavy atom. The van der Waals surface area contributed by atoms with Crippen LogP contribution in [0.25, 0.3) is 0 Å². The van der Waals surface area contributed by atoms with Crippen molar-refractivity contribution in [2.24, 2.45) is 0 Å². The van der Waals surface area contributed by atoms with Gasteiger partial charge in [0.1, 0.15) is 17.9 Å². The number of nitrogens with one attached hydrogen (secondary N) is 1. The van der Waals surface area contributed by atoms with Crippen LogP contribution in [0.1, 0.15) is 46.5 Å². The molecular weight excluding hydrogens is 374 g/mol. The Morgan fingerprint density at radius 1 is 1.14 bits per heavy atom. The first-order chi connectivity index (χ1) is 13.7. The fourth-order valence-corrected chi connectivity index (χ4v) is 3.43. The summed E-state index contributed by atoms with van der Waals surface area (Å²) in [6, 6.07) is 4.98. The maximum atomic E-state index is 12.8. The van der Waals surface area contributed by atoms with Crippen LogP contribution in [0.3, 0.4) is 0 Å². The fourth-order valence-electron chi connectivity index (χ4n) is 3.43. The van der Waals surface area contributed by atoms with Crippen LogP contribution < -0.4 is 15.0 Å². The number of hydrogen-bond acceptors (Lipinski definition) is 5. The number of anilines is 2. The van der Waals surface area contributed by atoms with Gasteiger partial charge >= 0.3 is 6.09 Å². The van der Waals surface area contributed by atoms with E-state index in [9.17, 15) is 14.4 Å². The Kier molecular flexibility index (Phi) is 6.30. The number of fused-ring (bicyclic) bond motifs is 1. The molecule has 29 heavy (non-hydrogen) atoms. The van der Waals surface area contributed by atoms with Crippen LogP contribution in [0.2, 0.25) is 0 Å². The summed E-state index contributed by atoms with van der Waals surface area (Å²) in [6.45, 7) is 6.64. The summed E-state index contributed by atoms with van der Waals surface area (Å²) in [6.07, 6.45) is 3.64. The maximum absolute atomic E-state index is 12.8. The first-order valence-electron chi connectivity index (χ1n) is 10.1. The molecular formula is C21H29N3O5. The molecule has 3 rings (SSSR count). The highest BCUT2D eigenvalue weighted by Crippen LogP contribution is 2.34. The second kappa shape index (κ2) is 8.71. The molecule has 3 amide bonds. The van der Waals surface area contributed by atoms with Crippen LogP contribution >= 0.6 is 0 Å². The van der Waals surface area contributed by atoms with Gasteiger partial charge in [-0.2, -0.15) is 0 Å². The summed E-state index contributed by atoms with van der Waals surface area (Å²) in [4.78, 5) is 40.6. The largest absolute Gasteiger partial charge is 0.482 e. The molecule has 0 bridgehead atoms. The highest BCUT2D eigenvalue weighted by molar-refractivity contribution is 6.03. The van der Waals surface area contributed by atoms with Crippen LogP contribution in [-0.2, 0) is 14.3 Å². The predicted molar refractivity (Wildman–Crippen MR) is 109 cm³/mol. The average molecular weight is 403 g/mol. The maximum Gasteiger partial charge on any atom is 0.412 e. The third-order valence-corrected chi connectivity index (χ3v) is 4.80. The quantitative estimate of drug-likeness (QED) is 0.838. The molecule has 0 unspecified atom stereocenters. The average Bonchev–Trinajstić information content (AvgIpc) is 2.92. The van der Waals surface area contributed by atoms with Crippen molar-refractivity contribution in [3.05, 3.63) is 18.2 Å². The van der Waals surface area contributed by atoms with Crippen LogP contribution in [0, 0.1) is 0 Å². The van der Waals surface area contributed by atoms with Gasteiger partial charge in [-0.1, -0.05) is 12.8 Å². The number of ether oxygens (including phenoxy) is 2. The van der Waals surface area contributed by atoms with E-state index in [0.29, 0.717) is 17.1 Å². The van der Waals surface area contributed by atoms with E-state index in [0.717, 1.165) is 38.8 Å². The Bertz CT molecular complexity index is 779. The normalized spacial score (nSPS) is 17.1. The number of hydrogen-bond donors (Lipinski definition) is 1. The van der Waals surface area contributed by atoms with Crippen molar-refractivity contribution in [2.75, 3.05) is 36.5 Å². The molecule has 1 N–H and O–H groups in total. The fraction of sp³-hybridized carbons (Fsp3) is 0.571. The van der Waals surface area contributed by atoms with Crippen LogP contribution in [0.4, 0.5) is 16.2 Å². The molecule has 2 heterocycles. The molecule has 1 aromatic carbocycles. The third kappa shape index (κ3) is 5.62. The number of nitrogens with zero attached hydrogens (tertiary/aromatic N) is 2. The van der Waals surface area contributed by atoms with Gasteiger partial charge in [0.05, 0.1) is 5.69 Å². The van der Waals surface area contributed by atoms with Crippen molar-refractivity contribution in [3.63, 3.8) is 0 Å². The molecule has 1 saturated heterocycles. The van der Waals surface area contributed by atoms with Gasteiger partial charge < -0.3 is 14.4 Å². The van der Waals surface area contributed by atoms with Gasteiger partial charge in [0.2, 0.25) is 5.91 Å². The summed E-state index contributed by atoms with van der Waals surface area (Å²) < 4.78 is 10.8. The molecule has 158 valence electrons. The summed E-state index contributed by atoms with van der Waals surface area (Å²) in [5.41, 5.74) is 0.310. The molecule has 8 nitrogen and oxygen atoms in total. The number of likely N-dealkylation sites (tertiary alicyclic amines) is 1. The summed E-state index contributed by atoms with van der Waals surface area (Å²) in [7, 11) is 0. The van der Waals surface area contributed by atoms with Crippen molar-refractivity contribution >= 4 is 29.3 Å². The number of carbonyl (C=O) groups is 3. The van der Waals surface area contributed by atoms with Crippen LogP contribution in [0.15, 0.2) is 18.2 Å². The highest BCUT2D eigenvalue weighted by atomic mass is 16.6. The Balaban J connectivity index is 1.75. The Hall–Kier alpha value is -2.77. The van der Waals surface area contributed by atoms with E-state index in [2.05, 4.69) is 5.32 Å². The zero-order valence-corrected chi connectivity index (χ0v) is 17.3. The predicted octanol–water partition coefficient (Wildman–Crippen LogP) is 3.16. The molecule has 2 aliphatic heterocycles. The van der Waals surface area contributed by atoms with Gasteiger partial charge in [0.25, 0.3) is 5.91 Å². The Morgan fingerprint density at radius 3 is 2.48 bits per heavy atom. The summed E-state index contributed by atoms with van der Waals surface area (Å²) in [5, 5.41) is 2.66. The Labute approximate surface area is 171 Å². The zero-order chi connectivity index (χ0) is 21.0. The van der Waals surface area contributed by atoms with Crippen LogP contribution in [-0.4, -0.2) is 54.6 Å². The van der Waals surface area contributed by atoms with Crippen molar-refractivity contribution in [1.82, 2.24) is 4.90 Å². The molecule has 1 fully saturated rings. The molecule has 0 aromatic heterocycles. The lowest BCUT2D eigenvalue weighted by Gasteiger charge is -2.31. The third-order valence-electron chi connectivity index (χ3n) is 4.80. The summed E-state index contributed by atoms with van der Waals surface area (Å²) >= 11 is 0. The minimum Gasteiger partial charge on any atom is -0.482 e. The van der Waals surface area contributed by atoms with E-state index >= 15 is 0 Å². The molecule has 0 aliphatic carbocycles. The van der Waals surface area contributed by atoms with Gasteiger partial charge in [-0.3, -0.25) is 19.8 Å². The van der Waals surface area contributed by atoms with E-state index < -0.39 is 11.7 Å². The lowest BCUT2D eigenvalue weighted by molar-refractivity contribution is -0.132. The summed E-state index contributed by atoms with van der Waals surface area (Å²) in [5.74, 6) is 0.150. The first-order valence-corrected chi connectivity index (χ1v) is 10.1. The molecule has 0 radical (unpaired) electrons. The molecule has 0 spiro atoms. The number of benzene rings is 1. The van der Waals surface area contributed by atoms with Crippen molar-refractivity contribution < 1.29 is 23.9 Å². The lowest BCUT2D eigenvalue weighted by Crippen LogP contribution is -2.46. The van der Waals surface area contributed by atoms with Gasteiger partial charge in [-0.15, -0.1) is 0 Å². The second-order valence-electron chi connectivity index (χ2n) is 8.37. The van der Waals surface area contributed by atoms with Gasteiger partial charge in [-0.05, 0) is 51.8 Å². The van der Waals surface area contributed by atoms with E-state index in [1.54, 1.807) is 39.0 Å². The molecule has 0 atom stereocenters. The number of carbonyl (C=O) groups excluding carboxylic acids is 3. The van der Waals surface area contributed by atoms with Crippen molar-refractivity contribution in [1.29, 1.82) is 0 Å². The van der Waals surface area contributed by atoms with E-state index in [1.807, 2.05) is 4.90 Å².